The number of hydrogen-bond acceptors (Lipinski definition) is 8. The monoisotopic (exact) mass is 592 g/mol. The van der Waals surface area contributed by atoms with Crippen LogP contribution >= 0.6 is 23.2 Å². The zero-order valence-corrected chi connectivity index (χ0v) is 22.5. The molecular formula is C26H18Cl2N8O5. The number of carbonyl (C=O) groups excluding carboxylic acids is 1. The molecule has 0 aliphatic rings. The van der Waals surface area contributed by atoms with E-state index in [2.05, 4.69) is 30.9 Å². The number of carboxylic acid groups (broad SMARTS) is 2. The third-order valence-electron chi connectivity index (χ3n) is 5.85. The molecule has 0 aliphatic carbocycles. The Morgan fingerprint density at radius 3 is 1.66 bits per heavy atom. The lowest BCUT2D eigenvalue weighted by Gasteiger charge is -2.07. The number of nitrogens with one attached hydrogen (secondary N) is 1. The van der Waals surface area contributed by atoms with Crippen molar-refractivity contribution in [3.05, 3.63) is 87.7 Å². The molecule has 0 atom stereocenters. The molecule has 41 heavy (non-hydrogen) atoms. The van der Waals surface area contributed by atoms with Crippen molar-refractivity contribution in [2.45, 2.75) is 6.92 Å². The quantitative estimate of drug-likeness (QED) is 0.238. The second-order valence-electron chi connectivity index (χ2n) is 8.47. The minimum atomic E-state index is -1.19. The van der Waals surface area contributed by atoms with E-state index >= 15 is 0 Å². The number of nitrogens with zero attached hydrogens (tertiary/aromatic N) is 7. The maximum Gasteiger partial charge on any atom is 0.337 e. The van der Waals surface area contributed by atoms with Gasteiger partial charge in [0, 0.05) is 12.1 Å². The van der Waals surface area contributed by atoms with Gasteiger partial charge in [0.05, 0.1) is 56.3 Å². The van der Waals surface area contributed by atoms with Crippen molar-refractivity contribution >= 4 is 41.0 Å². The van der Waals surface area contributed by atoms with E-state index in [1.165, 1.54) is 58.2 Å². The first-order valence-corrected chi connectivity index (χ1v) is 12.6. The summed E-state index contributed by atoms with van der Waals surface area (Å²) < 4.78 is 2.61. The Kier molecular flexibility index (Phi) is 7.46. The number of amides is 1. The van der Waals surface area contributed by atoms with Gasteiger partial charge in [-0.1, -0.05) is 45.8 Å². The first kappa shape index (κ1) is 27.4. The summed E-state index contributed by atoms with van der Waals surface area (Å²) in [6.07, 6.45) is 2.99. The Bertz CT molecular complexity index is 1710. The predicted octanol–water partition coefficient (Wildman–Crippen LogP) is 4.03. The average Bonchev–Trinajstić information content (AvgIpc) is 3.64. The van der Waals surface area contributed by atoms with E-state index < -0.39 is 11.9 Å². The molecule has 5 aromatic rings. The van der Waals surface area contributed by atoms with Gasteiger partial charge in [0.25, 0.3) is 5.91 Å². The molecule has 0 unspecified atom stereocenters. The van der Waals surface area contributed by atoms with Gasteiger partial charge in [-0.15, -0.1) is 10.2 Å². The van der Waals surface area contributed by atoms with Crippen molar-refractivity contribution in [1.82, 2.24) is 40.3 Å². The van der Waals surface area contributed by atoms with Crippen molar-refractivity contribution in [2.75, 3.05) is 6.54 Å². The molecular weight excluding hydrogens is 575 g/mol. The smallest absolute Gasteiger partial charge is 0.337 e. The van der Waals surface area contributed by atoms with Crippen LogP contribution in [-0.4, -0.2) is 69.6 Å². The summed E-state index contributed by atoms with van der Waals surface area (Å²) in [5.41, 5.74) is 1.68. The van der Waals surface area contributed by atoms with Gasteiger partial charge in [0.15, 0.2) is 0 Å². The van der Waals surface area contributed by atoms with Crippen LogP contribution in [0.3, 0.4) is 0 Å². The van der Waals surface area contributed by atoms with Gasteiger partial charge in [0.2, 0.25) is 0 Å². The zero-order chi connectivity index (χ0) is 29.3. The summed E-state index contributed by atoms with van der Waals surface area (Å²) in [4.78, 5) is 40.4. The highest BCUT2D eigenvalue weighted by molar-refractivity contribution is 6.35. The van der Waals surface area contributed by atoms with Gasteiger partial charge in [-0.3, -0.25) is 4.79 Å². The third-order valence-corrected chi connectivity index (χ3v) is 6.64. The Labute approximate surface area is 241 Å². The molecule has 2 aromatic carbocycles. The highest BCUT2D eigenvalue weighted by Gasteiger charge is 2.20. The van der Waals surface area contributed by atoms with E-state index in [4.69, 9.17) is 23.2 Å². The number of benzene rings is 2. The Balaban J connectivity index is 1.58. The number of carbonyl (C=O) groups is 3. The van der Waals surface area contributed by atoms with Crippen LogP contribution in [0.5, 0.6) is 0 Å². The van der Waals surface area contributed by atoms with Crippen molar-refractivity contribution < 1.29 is 24.6 Å². The largest absolute Gasteiger partial charge is 0.478 e. The molecule has 13 nitrogen and oxygen atoms in total. The highest BCUT2D eigenvalue weighted by atomic mass is 35.5. The summed E-state index contributed by atoms with van der Waals surface area (Å²) in [6.45, 7) is 2.16. The molecule has 0 fully saturated rings. The average molecular weight is 593 g/mol. The predicted molar refractivity (Wildman–Crippen MR) is 147 cm³/mol. The number of aromatic carboxylic acids is 2. The molecule has 3 N–H and O–H groups in total. The number of hydrogen-bond donors (Lipinski definition) is 3. The lowest BCUT2D eigenvalue weighted by atomic mass is 10.1. The lowest BCUT2D eigenvalue weighted by molar-refractivity contribution is 0.0686. The van der Waals surface area contributed by atoms with Crippen LogP contribution in [0.2, 0.25) is 10.0 Å². The molecule has 1 amide bonds. The normalized spacial score (nSPS) is 10.9. The van der Waals surface area contributed by atoms with Crippen molar-refractivity contribution in [3.8, 4) is 34.2 Å². The van der Waals surface area contributed by atoms with Gasteiger partial charge in [-0.25, -0.2) is 23.9 Å². The van der Waals surface area contributed by atoms with Gasteiger partial charge in [0.1, 0.15) is 11.4 Å². The van der Waals surface area contributed by atoms with Crippen LogP contribution in [0, 0.1) is 0 Å². The zero-order valence-electron chi connectivity index (χ0n) is 21.0. The Morgan fingerprint density at radius 2 is 1.24 bits per heavy atom. The molecule has 5 rings (SSSR count). The molecule has 0 spiro atoms. The van der Waals surface area contributed by atoms with Crippen LogP contribution in [0.15, 0.2) is 60.9 Å². The maximum absolute atomic E-state index is 12.8. The summed E-state index contributed by atoms with van der Waals surface area (Å²) in [5, 5.41) is 37.9. The van der Waals surface area contributed by atoms with E-state index in [1.54, 1.807) is 19.1 Å². The van der Waals surface area contributed by atoms with Crippen LogP contribution in [-0.2, 0) is 0 Å². The second-order valence-corrected chi connectivity index (χ2v) is 9.23. The first-order chi connectivity index (χ1) is 19.7. The number of aromatic nitrogens is 7. The minimum Gasteiger partial charge on any atom is -0.478 e. The van der Waals surface area contributed by atoms with Crippen molar-refractivity contribution in [3.63, 3.8) is 0 Å². The van der Waals surface area contributed by atoms with Crippen molar-refractivity contribution in [2.24, 2.45) is 0 Å². The van der Waals surface area contributed by atoms with Gasteiger partial charge < -0.3 is 15.5 Å². The lowest BCUT2D eigenvalue weighted by Crippen LogP contribution is -2.22. The maximum atomic E-state index is 12.8. The van der Waals surface area contributed by atoms with Gasteiger partial charge in [-0.05, 0) is 43.3 Å². The van der Waals surface area contributed by atoms with Crippen LogP contribution in [0.25, 0.3) is 34.2 Å². The Morgan fingerprint density at radius 1 is 0.780 bits per heavy atom. The van der Waals surface area contributed by atoms with Crippen LogP contribution in [0.1, 0.15) is 38.0 Å². The fraction of sp³-hybridized carbons (Fsp3) is 0.0769. The van der Waals surface area contributed by atoms with Crippen LogP contribution < -0.4 is 5.32 Å². The molecule has 15 heteroatoms. The van der Waals surface area contributed by atoms with E-state index in [0.717, 1.165) is 0 Å². The molecule has 0 saturated heterocycles. The number of halogens is 2. The van der Waals surface area contributed by atoms with Crippen molar-refractivity contribution in [1.29, 1.82) is 0 Å². The Hall–Kier alpha value is -5.14. The standard InChI is InChI=1S/C26H18Cl2N8O5/c1-2-29-24(37)13-9-16(18-11-35(33-31-18)20-7-3-5-14(22(20)27)25(38)39)30-17(10-13)19-12-36(34-32-19)21-8-4-6-15(23(21)28)26(40)41/h3-12H,2H2,1H3,(H,29,37)(H,38,39)(H,40,41). The topological polar surface area (TPSA) is 178 Å². The SMILES string of the molecule is CCNC(=O)c1cc(-c2cn(-c3cccc(C(=O)O)c3Cl)nn2)nc(-c2cn(-c3cccc(C(=O)O)c3Cl)nn2)c1. The molecule has 206 valence electrons. The number of carboxylic acids is 2. The van der Waals surface area contributed by atoms with E-state index in [9.17, 15) is 24.6 Å². The van der Waals surface area contributed by atoms with Crippen LogP contribution in [0.4, 0.5) is 0 Å². The summed E-state index contributed by atoms with van der Waals surface area (Å²) >= 11 is 12.6. The first-order valence-electron chi connectivity index (χ1n) is 11.9. The van der Waals surface area contributed by atoms with E-state index in [1.807, 2.05) is 0 Å². The molecule has 0 radical (unpaired) electrons. The minimum absolute atomic E-state index is 0.0246. The van der Waals surface area contributed by atoms with E-state index in [-0.39, 0.29) is 66.8 Å². The highest BCUT2D eigenvalue weighted by Crippen LogP contribution is 2.29. The molecule has 3 aromatic heterocycles. The van der Waals surface area contributed by atoms with Gasteiger partial charge in [-0.2, -0.15) is 0 Å². The van der Waals surface area contributed by atoms with Gasteiger partial charge >= 0.3 is 11.9 Å². The van der Waals surface area contributed by atoms with E-state index in [0.29, 0.717) is 6.54 Å². The fourth-order valence-electron chi connectivity index (χ4n) is 3.91. The third kappa shape index (κ3) is 5.35. The fourth-order valence-corrected chi connectivity index (χ4v) is 4.50. The molecule has 3 heterocycles. The molecule has 0 saturated carbocycles. The summed E-state index contributed by atoms with van der Waals surface area (Å²) in [6, 6.07) is 12.0. The molecule has 0 aliphatic heterocycles. The number of rotatable bonds is 8. The summed E-state index contributed by atoms with van der Waals surface area (Å²) in [5.74, 6) is -2.75. The summed E-state index contributed by atoms with van der Waals surface area (Å²) in [7, 11) is 0. The molecule has 0 bridgehead atoms. The number of pyridine rings is 1. The second kappa shape index (κ2) is 11.2.